The Morgan fingerprint density at radius 1 is 1.22 bits per heavy atom. The Kier molecular flexibility index (Phi) is 6.85. The Morgan fingerprint density at radius 2 is 1.91 bits per heavy atom. The van der Waals surface area contributed by atoms with Crippen molar-refractivity contribution in [1.29, 1.82) is 0 Å². The van der Waals surface area contributed by atoms with Gasteiger partial charge in [-0.2, -0.15) is 0 Å². The van der Waals surface area contributed by atoms with Gasteiger partial charge in [0.05, 0.1) is 19.3 Å². The quantitative estimate of drug-likeness (QED) is 0.760. The van der Waals surface area contributed by atoms with E-state index in [0.29, 0.717) is 18.1 Å². The zero-order valence-corrected chi connectivity index (χ0v) is 13.5. The molecule has 0 fully saturated rings. The summed E-state index contributed by atoms with van der Waals surface area (Å²) in [5.41, 5.74) is 0.199. The molecule has 0 aromatic heterocycles. The number of carbonyl (C=O) groups excluding carboxylic acids is 3. The number of rotatable bonds is 6. The second kappa shape index (κ2) is 8.62. The number of hydrogen-bond donors (Lipinski definition) is 2. The highest BCUT2D eigenvalue weighted by Gasteiger charge is 2.21. The average molecular weight is 324 g/mol. The Bertz CT molecular complexity index is 587. The van der Waals surface area contributed by atoms with Gasteiger partial charge in [0, 0.05) is 7.05 Å². The third kappa shape index (κ3) is 5.17. The van der Waals surface area contributed by atoms with Gasteiger partial charge in [-0.3, -0.25) is 10.1 Å². The number of methoxy groups -OCH3 is 1. The molecule has 2 N–H and O–H groups in total. The van der Waals surface area contributed by atoms with Gasteiger partial charge in [-0.25, -0.2) is 9.59 Å². The topological polar surface area (TPSA) is 103 Å². The van der Waals surface area contributed by atoms with Crippen LogP contribution in [0.3, 0.4) is 0 Å². The highest BCUT2D eigenvalue weighted by Crippen LogP contribution is 2.28. The van der Waals surface area contributed by atoms with E-state index < -0.39 is 24.0 Å². The lowest BCUT2D eigenvalue weighted by Gasteiger charge is -2.14. The van der Waals surface area contributed by atoms with E-state index in [1.807, 2.05) is 12.2 Å². The molecule has 126 valence electrons. The molecule has 0 aliphatic heterocycles. The standard InChI is InChI=1S/C15H20N2O6/c1-5-22-11-7-6-10(8-12(11)21-4)14(19)23-9(2)13(18)17-15(20)16-3/h6-9H,5H2,1-4H3,(H2,16,17,18,20). The summed E-state index contributed by atoms with van der Waals surface area (Å²) in [7, 11) is 2.82. The van der Waals surface area contributed by atoms with E-state index in [9.17, 15) is 14.4 Å². The number of imide groups is 1. The number of amides is 3. The third-order valence-corrected chi connectivity index (χ3v) is 2.82. The molecule has 1 aromatic carbocycles. The summed E-state index contributed by atoms with van der Waals surface area (Å²) < 4.78 is 15.5. The van der Waals surface area contributed by atoms with Crippen LogP contribution in [0.5, 0.6) is 11.5 Å². The van der Waals surface area contributed by atoms with Crippen molar-refractivity contribution < 1.29 is 28.6 Å². The summed E-state index contributed by atoms with van der Waals surface area (Å²) >= 11 is 0. The van der Waals surface area contributed by atoms with Crippen molar-refractivity contribution >= 4 is 17.9 Å². The van der Waals surface area contributed by atoms with Gasteiger partial charge in [0.15, 0.2) is 17.6 Å². The molecule has 1 rings (SSSR count). The summed E-state index contributed by atoms with van der Waals surface area (Å²) in [5, 5.41) is 4.25. The maximum atomic E-state index is 12.1. The van der Waals surface area contributed by atoms with Crippen LogP contribution < -0.4 is 20.1 Å². The van der Waals surface area contributed by atoms with E-state index in [0.717, 1.165) is 0 Å². The largest absolute Gasteiger partial charge is 0.493 e. The van der Waals surface area contributed by atoms with E-state index in [1.165, 1.54) is 33.2 Å². The van der Waals surface area contributed by atoms with E-state index in [-0.39, 0.29) is 5.56 Å². The molecule has 0 radical (unpaired) electrons. The number of carbonyl (C=O) groups is 3. The van der Waals surface area contributed by atoms with Gasteiger partial charge in [-0.1, -0.05) is 0 Å². The highest BCUT2D eigenvalue weighted by molar-refractivity contribution is 5.98. The molecule has 0 aliphatic rings. The van der Waals surface area contributed by atoms with Crippen LogP contribution in [-0.2, 0) is 9.53 Å². The van der Waals surface area contributed by atoms with Crippen LogP contribution in [-0.4, -0.2) is 44.8 Å². The fourth-order valence-electron chi connectivity index (χ4n) is 1.63. The van der Waals surface area contributed by atoms with Gasteiger partial charge >= 0.3 is 12.0 Å². The van der Waals surface area contributed by atoms with Crippen molar-refractivity contribution in [1.82, 2.24) is 10.6 Å². The summed E-state index contributed by atoms with van der Waals surface area (Å²) in [6, 6.07) is 3.85. The van der Waals surface area contributed by atoms with Crippen LogP contribution in [0, 0.1) is 0 Å². The summed E-state index contributed by atoms with van der Waals surface area (Å²) in [4.78, 5) is 34.8. The number of esters is 1. The minimum atomic E-state index is -1.13. The van der Waals surface area contributed by atoms with E-state index in [2.05, 4.69) is 5.32 Å². The Morgan fingerprint density at radius 3 is 2.48 bits per heavy atom. The normalized spacial score (nSPS) is 11.1. The van der Waals surface area contributed by atoms with Crippen LogP contribution in [0.4, 0.5) is 4.79 Å². The van der Waals surface area contributed by atoms with Gasteiger partial charge in [0.1, 0.15) is 0 Å². The lowest BCUT2D eigenvalue weighted by molar-refractivity contribution is -0.127. The molecule has 0 bridgehead atoms. The van der Waals surface area contributed by atoms with Gasteiger partial charge < -0.3 is 19.5 Å². The van der Waals surface area contributed by atoms with Gasteiger partial charge in [0.2, 0.25) is 0 Å². The minimum absolute atomic E-state index is 0.199. The first-order valence-electron chi connectivity index (χ1n) is 6.97. The molecule has 23 heavy (non-hydrogen) atoms. The molecular weight excluding hydrogens is 304 g/mol. The zero-order chi connectivity index (χ0) is 17.4. The fourth-order valence-corrected chi connectivity index (χ4v) is 1.63. The van der Waals surface area contributed by atoms with Crippen LogP contribution in [0.1, 0.15) is 24.2 Å². The molecule has 1 unspecified atom stereocenters. The zero-order valence-electron chi connectivity index (χ0n) is 13.5. The first kappa shape index (κ1) is 18.3. The highest BCUT2D eigenvalue weighted by atomic mass is 16.5. The van der Waals surface area contributed by atoms with Gasteiger partial charge in [-0.15, -0.1) is 0 Å². The molecule has 0 heterocycles. The Labute approximate surface area is 134 Å². The van der Waals surface area contributed by atoms with Crippen molar-refractivity contribution in [3.8, 4) is 11.5 Å². The number of hydrogen-bond acceptors (Lipinski definition) is 6. The maximum absolute atomic E-state index is 12.1. The second-order valence-corrected chi connectivity index (χ2v) is 4.41. The average Bonchev–Trinajstić information content (AvgIpc) is 2.54. The van der Waals surface area contributed by atoms with Crippen molar-refractivity contribution in [2.75, 3.05) is 20.8 Å². The van der Waals surface area contributed by atoms with Crippen LogP contribution >= 0.6 is 0 Å². The van der Waals surface area contributed by atoms with Crippen molar-refractivity contribution in [2.24, 2.45) is 0 Å². The summed E-state index contributed by atoms with van der Waals surface area (Å²) in [5.74, 6) is -0.567. The lowest BCUT2D eigenvalue weighted by Crippen LogP contribution is -2.43. The smallest absolute Gasteiger partial charge is 0.339 e. The number of urea groups is 1. The van der Waals surface area contributed by atoms with Crippen LogP contribution in [0.2, 0.25) is 0 Å². The van der Waals surface area contributed by atoms with E-state index >= 15 is 0 Å². The molecule has 8 heteroatoms. The summed E-state index contributed by atoms with van der Waals surface area (Å²) in [6.45, 7) is 3.65. The Hall–Kier alpha value is -2.77. The van der Waals surface area contributed by atoms with Crippen molar-refractivity contribution in [2.45, 2.75) is 20.0 Å². The SMILES string of the molecule is CCOc1ccc(C(=O)OC(C)C(=O)NC(=O)NC)cc1OC. The van der Waals surface area contributed by atoms with Crippen LogP contribution in [0.15, 0.2) is 18.2 Å². The minimum Gasteiger partial charge on any atom is -0.493 e. The first-order chi connectivity index (χ1) is 10.9. The predicted molar refractivity (Wildman–Crippen MR) is 81.6 cm³/mol. The predicted octanol–water partition coefficient (Wildman–Crippen LogP) is 1.09. The Balaban J connectivity index is 2.77. The maximum Gasteiger partial charge on any atom is 0.339 e. The molecule has 8 nitrogen and oxygen atoms in total. The first-order valence-corrected chi connectivity index (χ1v) is 6.97. The number of nitrogens with one attached hydrogen (secondary N) is 2. The molecule has 1 aromatic rings. The van der Waals surface area contributed by atoms with Crippen molar-refractivity contribution in [3.63, 3.8) is 0 Å². The van der Waals surface area contributed by atoms with E-state index in [1.54, 1.807) is 6.07 Å². The summed E-state index contributed by atoms with van der Waals surface area (Å²) in [6.07, 6.45) is -1.13. The third-order valence-electron chi connectivity index (χ3n) is 2.82. The second-order valence-electron chi connectivity index (χ2n) is 4.41. The molecule has 0 saturated heterocycles. The van der Waals surface area contributed by atoms with E-state index in [4.69, 9.17) is 14.2 Å². The van der Waals surface area contributed by atoms with Crippen LogP contribution in [0.25, 0.3) is 0 Å². The molecule has 0 spiro atoms. The fraction of sp³-hybridized carbons (Fsp3) is 0.400. The lowest BCUT2D eigenvalue weighted by atomic mass is 10.2. The molecule has 1 atom stereocenters. The molecule has 3 amide bonds. The van der Waals surface area contributed by atoms with Gasteiger partial charge in [-0.05, 0) is 32.0 Å². The number of ether oxygens (including phenoxy) is 3. The molecule has 0 aliphatic carbocycles. The monoisotopic (exact) mass is 324 g/mol. The number of benzene rings is 1. The van der Waals surface area contributed by atoms with Gasteiger partial charge in [0.25, 0.3) is 5.91 Å². The molecular formula is C15H20N2O6. The van der Waals surface area contributed by atoms with Crippen molar-refractivity contribution in [3.05, 3.63) is 23.8 Å². The molecule has 0 saturated carbocycles.